The molecule has 0 saturated carbocycles. The Bertz CT molecular complexity index is 939. The standard InChI is InChI=1S/C20H18N4O2S/c1-13-7-6-8-14(2)18(13)19(25)24-20(26)23-16-11-22-17(12-21-16)27-15-9-4-3-5-10-15/h3-12H,1-2H3,(H2,21,23,24,25,26). The van der Waals surface area contributed by atoms with Crippen LogP contribution in [0.5, 0.6) is 0 Å². The largest absolute Gasteiger partial charge is 0.327 e. The summed E-state index contributed by atoms with van der Waals surface area (Å²) >= 11 is 1.47. The van der Waals surface area contributed by atoms with Crippen LogP contribution in [-0.4, -0.2) is 21.9 Å². The van der Waals surface area contributed by atoms with Crippen LogP contribution in [0.4, 0.5) is 10.6 Å². The number of nitrogens with zero attached hydrogens (tertiary/aromatic N) is 2. The molecule has 3 rings (SSSR count). The van der Waals surface area contributed by atoms with E-state index in [-0.39, 0.29) is 5.82 Å². The van der Waals surface area contributed by atoms with Gasteiger partial charge in [0.15, 0.2) is 5.82 Å². The van der Waals surface area contributed by atoms with Crippen molar-refractivity contribution in [3.05, 3.63) is 77.6 Å². The fourth-order valence-electron chi connectivity index (χ4n) is 2.53. The van der Waals surface area contributed by atoms with E-state index in [2.05, 4.69) is 20.6 Å². The second kappa shape index (κ2) is 8.46. The molecule has 2 aromatic carbocycles. The smallest absolute Gasteiger partial charge is 0.291 e. The number of hydrogen-bond donors (Lipinski definition) is 2. The van der Waals surface area contributed by atoms with Crippen molar-refractivity contribution in [2.75, 3.05) is 5.32 Å². The number of imide groups is 1. The molecule has 2 N–H and O–H groups in total. The topological polar surface area (TPSA) is 84.0 Å². The highest BCUT2D eigenvalue weighted by atomic mass is 32.2. The minimum Gasteiger partial charge on any atom is -0.291 e. The van der Waals surface area contributed by atoms with Gasteiger partial charge in [0.1, 0.15) is 5.03 Å². The van der Waals surface area contributed by atoms with Crippen molar-refractivity contribution in [3.8, 4) is 0 Å². The van der Waals surface area contributed by atoms with Crippen LogP contribution in [-0.2, 0) is 0 Å². The lowest BCUT2D eigenvalue weighted by molar-refractivity contribution is 0.0966. The van der Waals surface area contributed by atoms with Gasteiger partial charge >= 0.3 is 6.03 Å². The number of carbonyl (C=O) groups excluding carboxylic acids is 2. The number of hydrogen-bond acceptors (Lipinski definition) is 5. The third-order valence-corrected chi connectivity index (χ3v) is 4.70. The van der Waals surface area contributed by atoms with E-state index in [1.54, 1.807) is 6.20 Å². The molecule has 0 aliphatic carbocycles. The van der Waals surface area contributed by atoms with E-state index in [4.69, 9.17) is 0 Å². The fourth-order valence-corrected chi connectivity index (χ4v) is 3.27. The van der Waals surface area contributed by atoms with Crippen LogP contribution in [0.3, 0.4) is 0 Å². The van der Waals surface area contributed by atoms with Crippen molar-refractivity contribution in [2.24, 2.45) is 0 Å². The number of nitrogens with one attached hydrogen (secondary N) is 2. The summed E-state index contributed by atoms with van der Waals surface area (Å²) in [5, 5.41) is 5.54. The van der Waals surface area contributed by atoms with Gasteiger partial charge in [-0.2, -0.15) is 0 Å². The van der Waals surface area contributed by atoms with Crippen LogP contribution >= 0.6 is 11.8 Å². The van der Waals surface area contributed by atoms with Crippen molar-refractivity contribution in [3.63, 3.8) is 0 Å². The van der Waals surface area contributed by atoms with Crippen molar-refractivity contribution in [2.45, 2.75) is 23.8 Å². The lowest BCUT2D eigenvalue weighted by Crippen LogP contribution is -2.35. The van der Waals surface area contributed by atoms with E-state index in [9.17, 15) is 9.59 Å². The monoisotopic (exact) mass is 378 g/mol. The van der Waals surface area contributed by atoms with Gasteiger partial charge in [-0.3, -0.25) is 15.4 Å². The molecule has 0 radical (unpaired) electrons. The maximum absolute atomic E-state index is 12.3. The molecule has 3 amide bonds. The van der Waals surface area contributed by atoms with Crippen LogP contribution in [0.2, 0.25) is 0 Å². The van der Waals surface area contributed by atoms with Gasteiger partial charge < -0.3 is 0 Å². The van der Waals surface area contributed by atoms with E-state index in [1.807, 2.05) is 62.4 Å². The molecule has 27 heavy (non-hydrogen) atoms. The average Bonchev–Trinajstić information content (AvgIpc) is 2.64. The molecule has 0 bridgehead atoms. The van der Waals surface area contributed by atoms with Crippen LogP contribution in [0.15, 0.2) is 70.8 Å². The quantitative estimate of drug-likeness (QED) is 0.711. The van der Waals surface area contributed by atoms with Crippen LogP contribution < -0.4 is 10.6 Å². The second-order valence-corrected chi connectivity index (χ2v) is 6.92. The minimum absolute atomic E-state index is 0.263. The molecule has 1 heterocycles. The Morgan fingerprint density at radius 3 is 2.22 bits per heavy atom. The number of anilines is 1. The summed E-state index contributed by atoms with van der Waals surface area (Å²) in [6.45, 7) is 3.66. The fraction of sp³-hybridized carbons (Fsp3) is 0.100. The van der Waals surface area contributed by atoms with Gasteiger partial charge in [-0.05, 0) is 37.1 Å². The highest BCUT2D eigenvalue weighted by Gasteiger charge is 2.15. The maximum Gasteiger partial charge on any atom is 0.327 e. The Labute approximate surface area is 161 Å². The van der Waals surface area contributed by atoms with Crippen LogP contribution in [0, 0.1) is 13.8 Å². The summed E-state index contributed by atoms with van der Waals surface area (Å²) in [5.41, 5.74) is 2.11. The summed E-state index contributed by atoms with van der Waals surface area (Å²) < 4.78 is 0. The number of rotatable bonds is 4. The van der Waals surface area contributed by atoms with Gasteiger partial charge in [0.05, 0.1) is 12.4 Å². The first kappa shape index (κ1) is 18.6. The third kappa shape index (κ3) is 4.92. The molecular formula is C20H18N4O2S. The molecule has 0 atom stereocenters. The predicted molar refractivity (Wildman–Crippen MR) is 105 cm³/mol. The molecule has 7 heteroatoms. The first-order chi connectivity index (χ1) is 13.0. The van der Waals surface area contributed by atoms with E-state index >= 15 is 0 Å². The SMILES string of the molecule is Cc1cccc(C)c1C(=O)NC(=O)Nc1cnc(Sc2ccccc2)cn1. The molecular weight excluding hydrogens is 360 g/mol. The van der Waals surface area contributed by atoms with Gasteiger partial charge in [-0.25, -0.2) is 14.8 Å². The van der Waals surface area contributed by atoms with Gasteiger partial charge in [-0.15, -0.1) is 0 Å². The zero-order chi connectivity index (χ0) is 19.2. The molecule has 0 unspecified atom stereocenters. The van der Waals surface area contributed by atoms with Gasteiger partial charge in [0.25, 0.3) is 5.91 Å². The Balaban J connectivity index is 1.60. The summed E-state index contributed by atoms with van der Waals surface area (Å²) in [5.74, 6) is -0.188. The molecule has 136 valence electrons. The Morgan fingerprint density at radius 2 is 1.59 bits per heavy atom. The molecule has 1 aromatic heterocycles. The molecule has 0 aliphatic heterocycles. The average molecular weight is 378 g/mol. The number of aromatic nitrogens is 2. The van der Waals surface area contributed by atoms with Crippen molar-refractivity contribution < 1.29 is 9.59 Å². The first-order valence-corrected chi connectivity index (χ1v) is 9.08. The number of benzene rings is 2. The second-order valence-electron chi connectivity index (χ2n) is 5.83. The molecule has 0 fully saturated rings. The van der Waals surface area contributed by atoms with Crippen LogP contribution in [0.25, 0.3) is 0 Å². The molecule has 6 nitrogen and oxygen atoms in total. The highest BCUT2D eigenvalue weighted by molar-refractivity contribution is 7.99. The Morgan fingerprint density at radius 1 is 0.889 bits per heavy atom. The Kier molecular flexibility index (Phi) is 5.83. The normalized spacial score (nSPS) is 10.3. The molecule has 3 aromatic rings. The van der Waals surface area contributed by atoms with Crippen LogP contribution in [0.1, 0.15) is 21.5 Å². The van der Waals surface area contributed by atoms with Crippen molar-refractivity contribution in [1.82, 2.24) is 15.3 Å². The van der Waals surface area contributed by atoms with E-state index in [0.717, 1.165) is 16.0 Å². The van der Waals surface area contributed by atoms with Gasteiger partial charge in [-0.1, -0.05) is 48.2 Å². The minimum atomic E-state index is -0.652. The zero-order valence-corrected chi connectivity index (χ0v) is 15.7. The highest BCUT2D eigenvalue weighted by Crippen LogP contribution is 2.25. The zero-order valence-electron chi connectivity index (χ0n) is 14.9. The van der Waals surface area contributed by atoms with Crippen molar-refractivity contribution >= 4 is 29.5 Å². The number of amides is 3. The lowest BCUT2D eigenvalue weighted by atomic mass is 10.0. The number of aryl methyl sites for hydroxylation is 2. The third-order valence-electron chi connectivity index (χ3n) is 3.77. The van der Waals surface area contributed by atoms with E-state index < -0.39 is 11.9 Å². The molecule has 0 aliphatic rings. The van der Waals surface area contributed by atoms with E-state index in [0.29, 0.717) is 10.6 Å². The van der Waals surface area contributed by atoms with Crippen molar-refractivity contribution in [1.29, 1.82) is 0 Å². The maximum atomic E-state index is 12.3. The predicted octanol–water partition coefficient (Wildman–Crippen LogP) is 4.21. The lowest BCUT2D eigenvalue weighted by Gasteiger charge is -2.10. The summed E-state index contributed by atoms with van der Waals surface area (Å²) in [6, 6.07) is 14.7. The molecule has 0 spiro atoms. The number of carbonyl (C=O) groups is 2. The van der Waals surface area contributed by atoms with Gasteiger partial charge in [0.2, 0.25) is 0 Å². The summed E-state index contributed by atoms with van der Waals surface area (Å²) in [6.07, 6.45) is 3.02. The Hall–Kier alpha value is -3.19. The van der Waals surface area contributed by atoms with Gasteiger partial charge in [0, 0.05) is 10.5 Å². The summed E-state index contributed by atoms with van der Waals surface area (Å²) in [4.78, 5) is 33.9. The summed E-state index contributed by atoms with van der Waals surface area (Å²) in [7, 11) is 0. The molecule has 0 saturated heterocycles. The first-order valence-electron chi connectivity index (χ1n) is 8.26. The number of urea groups is 1. The van der Waals surface area contributed by atoms with E-state index in [1.165, 1.54) is 18.0 Å².